The van der Waals surface area contributed by atoms with Gasteiger partial charge in [0.2, 0.25) is 5.91 Å². The summed E-state index contributed by atoms with van der Waals surface area (Å²) in [7, 11) is 0. The molecule has 1 amide bonds. The summed E-state index contributed by atoms with van der Waals surface area (Å²) in [5.74, 6) is -0.129. The first-order valence-electron chi connectivity index (χ1n) is 9.71. The summed E-state index contributed by atoms with van der Waals surface area (Å²) >= 11 is 0. The molecule has 1 aliphatic heterocycles. The van der Waals surface area contributed by atoms with Crippen LogP contribution in [0.15, 0.2) is 42.9 Å². The van der Waals surface area contributed by atoms with Gasteiger partial charge in [-0.05, 0) is 53.6 Å². The number of aryl methyl sites for hydroxylation is 1. The first-order valence-corrected chi connectivity index (χ1v) is 9.71. The van der Waals surface area contributed by atoms with Crippen LogP contribution in [0.3, 0.4) is 0 Å². The number of halogens is 1. The number of carbonyl (C=O) groups excluding carboxylic acids is 1. The number of aromatic nitrogens is 3. The largest absolute Gasteiger partial charge is 0.338 e. The van der Waals surface area contributed by atoms with Crippen LogP contribution in [0.1, 0.15) is 29.9 Å². The van der Waals surface area contributed by atoms with Gasteiger partial charge in [-0.1, -0.05) is 18.2 Å². The van der Waals surface area contributed by atoms with Gasteiger partial charge in [0.05, 0.1) is 12.6 Å². The Balaban J connectivity index is 1.39. The van der Waals surface area contributed by atoms with Crippen molar-refractivity contribution >= 4 is 11.6 Å². The molecule has 0 bridgehead atoms. The van der Waals surface area contributed by atoms with Crippen molar-refractivity contribution in [3.8, 4) is 11.1 Å². The molecule has 2 N–H and O–H groups in total. The number of alkyl halides is 1. The molecule has 0 saturated carbocycles. The Hall–Kier alpha value is -2.80. The Morgan fingerprint density at radius 2 is 2.07 bits per heavy atom. The highest BCUT2D eigenvalue weighted by molar-refractivity contribution is 5.83. The van der Waals surface area contributed by atoms with Crippen molar-refractivity contribution in [1.29, 1.82) is 0 Å². The van der Waals surface area contributed by atoms with Crippen molar-refractivity contribution in [1.82, 2.24) is 19.5 Å². The lowest BCUT2D eigenvalue weighted by atomic mass is 9.91. The maximum Gasteiger partial charge on any atom is 0.240 e. The number of pyridine rings is 1. The normalized spacial score (nSPS) is 22.6. The molecular formula is C21H22FN5O. The monoisotopic (exact) mass is 379 g/mol. The zero-order chi connectivity index (χ0) is 19.3. The molecule has 3 heterocycles. The van der Waals surface area contributed by atoms with Crippen LogP contribution in [0.25, 0.3) is 16.8 Å². The van der Waals surface area contributed by atoms with E-state index in [-0.39, 0.29) is 18.4 Å². The molecule has 0 unspecified atom stereocenters. The summed E-state index contributed by atoms with van der Waals surface area (Å²) in [4.78, 5) is 14.3. The lowest BCUT2D eigenvalue weighted by Crippen LogP contribution is -2.45. The number of benzene rings is 1. The first kappa shape index (κ1) is 17.3. The molecule has 1 saturated heterocycles. The van der Waals surface area contributed by atoms with Gasteiger partial charge in [0.1, 0.15) is 12.5 Å². The van der Waals surface area contributed by atoms with Crippen LogP contribution in [0, 0.1) is 0 Å². The minimum atomic E-state index is -0.919. The topological polar surface area (TPSA) is 76.5 Å². The van der Waals surface area contributed by atoms with E-state index in [4.69, 9.17) is 5.73 Å². The summed E-state index contributed by atoms with van der Waals surface area (Å²) in [6.07, 6.45) is 4.95. The van der Waals surface area contributed by atoms with Gasteiger partial charge in [-0.25, -0.2) is 4.39 Å². The number of nitrogens with two attached hydrogens (primary N) is 1. The number of rotatable bonds is 3. The van der Waals surface area contributed by atoms with Crippen LogP contribution in [-0.4, -0.2) is 50.7 Å². The number of hydrogen-bond donors (Lipinski definition) is 1. The number of hydrogen-bond acceptors (Lipinski definition) is 4. The van der Waals surface area contributed by atoms with E-state index < -0.39 is 12.2 Å². The van der Waals surface area contributed by atoms with Gasteiger partial charge in [-0.15, -0.1) is 10.2 Å². The van der Waals surface area contributed by atoms with Crippen LogP contribution in [-0.2, 0) is 11.2 Å². The fourth-order valence-corrected chi connectivity index (χ4v) is 4.50. The van der Waals surface area contributed by atoms with Crippen molar-refractivity contribution in [3.05, 3.63) is 54.0 Å². The zero-order valence-electron chi connectivity index (χ0n) is 15.5. The SMILES string of the molecule is N[C@H](C(=O)N1CC[C@H](F)C1)[C@H]1CCc2cc(-c3ccc4nncn4c3)ccc21. The molecule has 2 aliphatic rings. The van der Waals surface area contributed by atoms with Crippen LogP contribution in [0.2, 0.25) is 0 Å². The van der Waals surface area contributed by atoms with Gasteiger partial charge in [-0.3, -0.25) is 9.20 Å². The number of fused-ring (bicyclic) bond motifs is 2. The third kappa shape index (κ3) is 2.86. The Kier molecular flexibility index (Phi) is 4.12. The van der Waals surface area contributed by atoms with E-state index in [0.717, 1.165) is 35.2 Å². The highest BCUT2D eigenvalue weighted by atomic mass is 19.1. The highest BCUT2D eigenvalue weighted by Crippen LogP contribution is 2.38. The highest BCUT2D eigenvalue weighted by Gasteiger charge is 2.36. The Morgan fingerprint density at radius 1 is 1.21 bits per heavy atom. The van der Waals surface area contributed by atoms with Crippen LogP contribution >= 0.6 is 0 Å². The Labute approximate surface area is 162 Å². The predicted octanol–water partition coefficient (Wildman–Crippen LogP) is 2.32. The Bertz CT molecular complexity index is 1050. The quantitative estimate of drug-likeness (QED) is 0.758. The molecule has 1 aliphatic carbocycles. The first-order chi connectivity index (χ1) is 13.6. The number of amides is 1. The van der Waals surface area contributed by atoms with Gasteiger partial charge in [0.15, 0.2) is 5.65 Å². The van der Waals surface area contributed by atoms with E-state index >= 15 is 0 Å². The minimum Gasteiger partial charge on any atom is -0.338 e. The molecule has 1 fully saturated rings. The maximum atomic E-state index is 13.5. The average Bonchev–Trinajstić information content (AvgIpc) is 3.44. The molecular weight excluding hydrogens is 357 g/mol. The van der Waals surface area contributed by atoms with E-state index in [1.165, 1.54) is 5.56 Å². The molecule has 0 radical (unpaired) electrons. The predicted molar refractivity (Wildman–Crippen MR) is 104 cm³/mol. The van der Waals surface area contributed by atoms with Gasteiger partial charge in [-0.2, -0.15) is 0 Å². The summed E-state index contributed by atoms with van der Waals surface area (Å²) < 4.78 is 15.3. The maximum absolute atomic E-state index is 13.5. The number of carbonyl (C=O) groups is 1. The van der Waals surface area contributed by atoms with Crippen LogP contribution in [0.4, 0.5) is 4.39 Å². The third-order valence-corrected chi connectivity index (χ3v) is 6.05. The Morgan fingerprint density at radius 3 is 2.89 bits per heavy atom. The summed E-state index contributed by atoms with van der Waals surface area (Å²) in [5, 5.41) is 7.95. The van der Waals surface area contributed by atoms with Crippen molar-refractivity contribution in [2.75, 3.05) is 13.1 Å². The standard InChI is InChI=1S/C21H22FN5O/c22-16-7-8-26(11-16)21(28)20(23)18-5-2-14-9-13(1-4-17(14)18)15-3-6-19-25-24-12-27(19)10-15/h1,3-4,6,9-10,12,16,18,20H,2,5,7-8,11,23H2/t16-,18-,20-/m0/s1. The lowest BCUT2D eigenvalue weighted by Gasteiger charge is -2.25. The number of nitrogens with zero attached hydrogens (tertiary/aromatic N) is 4. The molecule has 28 heavy (non-hydrogen) atoms. The summed E-state index contributed by atoms with van der Waals surface area (Å²) in [6, 6.07) is 9.73. The second-order valence-electron chi connectivity index (χ2n) is 7.77. The third-order valence-electron chi connectivity index (χ3n) is 6.05. The molecule has 144 valence electrons. The average molecular weight is 379 g/mol. The smallest absolute Gasteiger partial charge is 0.240 e. The van der Waals surface area contributed by atoms with Gasteiger partial charge in [0, 0.05) is 18.7 Å². The molecule has 5 rings (SSSR count). The van der Waals surface area contributed by atoms with Crippen molar-refractivity contribution in [3.63, 3.8) is 0 Å². The van der Waals surface area contributed by atoms with E-state index in [1.54, 1.807) is 11.2 Å². The van der Waals surface area contributed by atoms with Gasteiger partial charge < -0.3 is 10.6 Å². The van der Waals surface area contributed by atoms with E-state index in [0.29, 0.717) is 13.0 Å². The number of likely N-dealkylation sites (tertiary alicyclic amines) is 1. The van der Waals surface area contributed by atoms with E-state index in [2.05, 4.69) is 28.4 Å². The van der Waals surface area contributed by atoms with Gasteiger partial charge in [0.25, 0.3) is 0 Å². The van der Waals surface area contributed by atoms with E-state index in [1.807, 2.05) is 22.7 Å². The second-order valence-corrected chi connectivity index (χ2v) is 7.77. The molecule has 6 nitrogen and oxygen atoms in total. The molecule has 3 atom stereocenters. The van der Waals surface area contributed by atoms with Crippen LogP contribution < -0.4 is 5.73 Å². The van der Waals surface area contributed by atoms with Gasteiger partial charge >= 0.3 is 0 Å². The fraction of sp³-hybridized carbons (Fsp3) is 0.381. The molecule has 3 aromatic rings. The van der Waals surface area contributed by atoms with Crippen molar-refractivity contribution < 1.29 is 9.18 Å². The molecule has 2 aromatic heterocycles. The minimum absolute atomic E-state index is 0.00413. The molecule has 1 aromatic carbocycles. The zero-order valence-corrected chi connectivity index (χ0v) is 15.5. The van der Waals surface area contributed by atoms with Crippen molar-refractivity contribution in [2.45, 2.75) is 37.4 Å². The lowest BCUT2D eigenvalue weighted by molar-refractivity contribution is -0.132. The summed E-state index contributed by atoms with van der Waals surface area (Å²) in [6.45, 7) is 0.647. The van der Waals surface area contributed by atoms with Crippen LogP contribution in [0.5, 0.6) is 0 Å². The molecule has 0 spiro atoms. The molecule has 7 heteroatoms. The van der Waals surface area contributed by atoms with E-state index in [9.17, 15) is 9.18 Å². The fourth-order valence-electron chi connectivity index (χ4n) is 4.50. The summed E-state index contributed by atoms with van der Waals surface area (Å²) in [5.41, 5.74) is 11.7. The second kappa shape index (κ2) is 6.67. The van der Waals surface area contributed by atoms with Crippen molar-refractivity contribution in [2.24, 2.45) is 5.73 Å².